The fourth-order valence-corrected chi connectivity index (χ4v) is 5.75. The molecule has 0 saturated heterocycles. The Balaban J connectivity index is 1.41. The highest BCUT2D eigenvalue weighted by Gasteiger charge is 2.26. The minimum absolute atomic E-state index is 0.107. The summed E-state index contributed by atoms with van der Waals surface area (Å²) in [7, 11) is 0. The fourth-order valence-electron chi connectivity index (χ4n) is 5.75. The third kappa shape index (κ3) is 5.68. The molecule has 1 fully saturated rings. The van der Waals surface area contributed by atoms with Gasteiger partial charge >= 0.3 is 0 Å². The molecule has 0 aromatic heterocycles. The quantitative estimate of drug-likeness (QED) is 0.429. The van der Waals surface area contributed by atoms with Crippen molar-refractivity contribution in [3.05, 3.63) is 83.4 Å². The van der Waals surface area contributed by atoms with E-state index in [2.05, 4.69) is 61.5 Å². The monoisotopic (exact) mass is 459 g/mol. The van der Waals surface area contributed by atoms with Crippen molar-refractivity contribution in [3.8, 4) is 0 Å². The lowest BCUT2D eigenvalue weighted by molar-refractivity contribution is 0.0685. The molecule has 3 aromatic carbocycles. The van der Waals surface area contributed by atoms with Crippen molar-refractivity contribution in [3.63, 3.8) is 0 Å². The minimum Gasteiger partial charge on any atom is -0.395 e. The number of nitrogens with zero attached hydrogens (tertiary/aromatic N) is 1. The molecule has 4 heteroatoms. The Bertz CT molecular complexity index is 1070. The standard InChI is InChI=1S/C30H37NO3/c1-22(28-11-5-8-25-7-2-3-10-29(25)28)20-23-6-4-9-27(21-23)24-12-14-26(15-13-24)30(34)31(16-18-32)17-19-33/h2-3,5,7-8,10-15,22-23,27,32-33H,4,6,9,16-21H2,1H3/t22-,23?,27?/m0/s1. The second-order valence-corrected chi connectivity index (χ2v) is 9.80. The molecule has 1 amide bonds. The van der Waals surface area contributed by atoms with Crippen LogP contribution in [0.4, 0.5) is 0 Å². The van der Waals surface area contributed by atoms with Crippen LogP contribution in [-0.2, 0) is 0 Å². The fraction of sp³-hybridized carbons (Fsp3) is 0.433. The molecule has 1 aliphatic carbocycles. The summed E-state index contributed by atoms with van der Waals surface area (Å²) in [4.78, 5) is 14.2. The molecule has 0 heterocycles. The number of hydrogen-bond donors (Lipinski definition) is 2. The zero-order chi connectivity index (χ0) is 23.9. The van der Waals surface area contributed by atoms with E-state index in [0.717, 1.165) is 0 Å². The second-order valence-electron chi connectivity index (χ2n) is 9.80. The third-order valence-electron chi connectivity index (χ3n) is 7.48. The number of carbonyl (C=O) groups is 1. The van der Waals surface area contributed by atoms with Crippen LogP contribution in [0.1, 0.15) is 72.3 Å². The number of fused-ring (bicyclic) bond motifs is 1. The van der Waals surface area contributed by atoms with Gasteiger partial charge in [0.2, 0.25) is 0 Å². The molecule has 2 N–H and O–H groups in total. The van der Waals surface area contributed by atoms with Crippen LogP contribution in [0.25, 0.3) is 10.8 Å². The summed E-state index contributed by atoms with van der Waals surface area (Å²) >= 11 is 0. The number of carbonyl (C=O) groups excluding carboxylic acids is 1. The number of aliphatic hydroxyl groups is 2. The maximum Gasteiger partial charge on any atom is 0.254 e. The van der Waals surface area contributed by atoms with Crippen LogP contribution >= 0.6 is 0 Å². The van der Waals surface area contributed by atoms with Gasteiger partial charge in [0.25, 0.3) is 5.91 Å². The van der Waals surface area contributed by atoms with Gasteiger partial charge in [-0.25, -0.2) is 0 Å². The lowest BCUT2D eigenvalue weighted by Crippen LogP contribution is -2.35. The predicted octanol–water partition coefficient (Wildman–Crippen LogP) is 5.73. The van der Waals surface area contributed by atoms with Gasteiger partial charge in [0.05, 0.1) is 13.2 Å². The van der Waals surface area contributed by atoms with E-state index in [4.69, 9.17) is 0 Å². The van der Waals surface area contributed by atoms with Crippen LogP contribution in [0, 0.1) is 5.92 Å². The average Bonchev–Trinajstić information content (AvgIpc) is 2.88. The van der Waals surface area contributed by atoms with E-state index in [1.54, 1.807) is 0 Å². The molecule has 34 heavy (non-hydrogen) atoms. The number of benzene rings is 3. The first-order valence-corrected chi connectivity index (χ1v) is 12.7. The average molecular weight is 460 g/mol. The van der Waals surface area contributed by atoms with Gasteiger partial charge in [-0.3, -0.25) is 4.79 Å². The van der Waals surface area contributed by atoms with E-state index in [-0.39, 0.29) is 32.2 Å². The maximum absolute atomic E-state index is 12.7. The van der Waals surface area contributed by atoms with Crippen molar-refractivity contribution in [2.75, 3.05) is 26.3 Å². The lowest BCUT2D eigenvalue weighted by Gasteiger charge is -2.31. The molecule has 1 saturated carbocycles. The summed E-state index contributed by atoms with van der Waals surface area (Å²) in [5.41, 5.74) is 3.39. The smallest absolute Gasteiger partial charge is 0.254 e. The van der Waals surface area contributed by atoms with Gasteiger partial charge < -0.3 is 15.1 Å². The molecule has 4 rings (SSSR count). The summed E-state index contributed by atoms with van der Waals surface area (Å²) in [6.07, 6.45) is 6.15. The van der Waals surface area contributed by atoms with Gasteiger partial charge in [0.1, 0.15) is 0 Å². The van der Waals surface area contributed by atoms with Gasteiger partial charge in [0, 0.05) is 18.7 Å². The van der Waals surface area contributed by atoms with E-state index in [0.29, 0.717) is 23.3 Å². The minimum atomic E-state index is -0.139. The van der Waals surface area contributed by atoms with Crippen molar-refractivity contribution in [1.29, 1.82) is 0 Å². The first kappa shape index (κ1) is 24.4. The zero-order valence-electron chi connectivity index (χ0n) is 20.2. The number of hydrogen-bond acceptors (Lipinski definition) is 3. The number of rotatable bonds is 9. The Morgan fingerprint density at radius 1 is 0.941 bits per heavy atom. The van der Waals surface area contributed by atoms with Crippen molar-refractivity contribution < 1.29 is 15.0 Å². The molecule has 2 unspecified atom stereocenters. The van der Waals surface area contributed by atoms with E-state index in [1.165, 1.54) is 58.9 Å². The van der Waals surface area contributed by atoms with Gasteiger partial charge in [-0.05, 0) is 71.0 Å². The molecule has 0 spiro atoms. The number of aliphatic hydroxyl groups excluding tert-OH is 2. The molecule has 1 aliphatic rings. The molecule has 3 aromatic rings. The van der Waals surface area contributed by atoms with Gasteiger partial charge in [0.15, 0.2) is 0 Å². The van der Waals surface area contributed by atoms with E-state index >= 15 is 0 Å². The Labute approximate surface area is 203 Å². The summed E-state index contributed by atoms with van der Waals surface area (Å²) in [6, 6.07) is 23.4. The van der Waals surface area contributed by atoms with Gasteiger partial charge in [-0.2, -0.15) is 0 Å². The molecule has 180 valence electrons. The SMILES string of the molecule is C[C@@H](CC1CCCC(c2ccc(C(=O)N(CCO)CCO)cc2)C1)c1cccc2ccccc12. The van der Waals surface area contributed by atoms with Crippen LogP contribution in [0.15, 0.2) is 66.7 Å². The Kier molecular flexibility index (Phi) is 8.36. The van der Waals surface area contributed by atoms with E-state index in [9.17, 15) is 15.0 Å². The van der Waals surface area contributed by atoms with Crippen molar-refractivity contribution in [1.82, 2.24) is 4.90 Å². The Morgan fingerprint density at radius 3 is 2.38 bits per heavy atom. The number of amides is 1. The summed E-state index contributed by atoms with van der Waals surface area (Å²) < 4.78 is 0. The predicted molar refractivity (Wildman–Crippen MR) is 138 cm³/mol. The summed E-state index contributed by atoms with van der Waals surface area (Å²) in [6.45, 7) is 2.63. The van der Waals surface area contributed by atoms with Crippen LogP contribution in [0.5, 0.6) is 0 Å². The van der Waals surface area contributed by atoms with Crippen LogP contribution in [-0.4, -0.2) is 47.3 Å². The van der Waals surface area contributed by atoms with Crippen LogP contribution < -0.4 is 0 Å². The highest BCUT2D eigenvalue weighted by molar-refractivity contribution is 5.94. The molecule has 4 nitrogen and oxygen atoms in total. The van der Waals surface area contributed by atoms with Crippen LogP contribution in [0.3, 0.4) is 0 Å². The van der Waals surface area contributed by atoms with E-state index in [1.807, 2.05) is 12.1 Å². The first-order valence-electron chi connectivity index (χ1n) is 12.7. The molecule has 3 atom stereocenters. The Morgan fingerprint density at radius 2 is 1.65 bits per heavy atom. The highest BCUT2D eigenvalue weighted by Crippen LogP contribution is 2.41. The van der Waals surface area contributed by atoms with Crippen molar-refractivity contribution >= 4 is 16.7 Å². The van der Waals surface area contributed by atoms with E-state index < -0.39 is 0 Å². The van der Waals surface area contributed by atoms with Crippen LogP contribution in [0.2, 0.25) is 0 Å². The normalized spacial score (nSPS) is 19.1. The lowest BCUT2D eigenvalue weighted by atomic mass is 9.74. The van der Waals surface area contributed by atoms with Gasteiger partial charge in [-0.1, -0.05) is 74.4 Å². The topological polar surface area (TPSA) is 60.8 Å². The summed E-state index contributed by atoms with van der Waals surface area (Å²) in [5.74, 6) is 1.63. The highest BCUT2D eigenvalue weighted by atomic mass is 16.3. The molecule has 0 aliphatic heterocycles. The largest absolute Gasteiger partial charge is 0.395 e. The van der Waals surface area contributed by atoms with Gasteiger partial charge in [-0.15, -0.1) is 0 Å². The molecular formula is C30H37NO3. The first-order chi connectivity index (χ1) is 16.6. The maximum atomic E-state index is 12.7. The molecule has 0 bridgehead atoms. The van der Waals surface area contributed by atoms with Crippen molar-refractivity contribution in [2.24, 2.45) is 5.92 Å². The Hall–Kier alpha value is -2.69. The molecular weight excluding hydrogens is 422 g/mol. The third-order valence-corrected chi connectivity index (χ3v) is 7.48. The summed E-state index contributed by atoms with van der Waals surface area (Å²) in [5, 5.41) is 21.1. The zero-order valence-corrected chi connectivity index (χ0v) is 20.2. The molecule has 0 radical (unpaired) electrons. The second kappa shape index (κ2) is 11.6. The van der Waals surface area contributed by atoms with Crippen molar-refractivity contribution in [2.45, 2.75) is 50.9 Å².